The molecule has 1 unspecified atom stereocenters. The van der Waals surface area contributed by atoms with Crippen molar-refractivity contribution in [1.82, 2.24) is 9.80 Å². The lowest BCUT2D eigenvalue weighted by molar-refractivity contribution is -0.140. The minimum absolute atomic E-state index is 0.0602. The molecule has 4 rings (SSSR count). The molecule has 0 radical (unpaired) electrons. The molecule has 1 atom stereocenters. The molecule has 0 spiro atoms. The Morgan fingerprint density at radius 2 is 1.86 bits per heavy atom. The van der Waals surface area contributed by atoms with E-state index in [1.165, 1.54) is 7.11 Å². The average molecular weight is 479 g/mol. The van der Waals surface area contributed by atoms with Gasteiger partial charge in [0.05, 0.1) is 31.9 Å². The highest BCUT2D eigenvalue weighted by Gasteiger charge is 2.46. The van der Waals surface area contributed by atoms with E-state index < -0.39 is 17.7 Å². The monoisotopic (exact) mass is 478 g/mol. The van der Waals surface area contributed by atoms with Crippen LogP contribution in [0.1, 0.15) is 17.2 Å². The zero-order valence-corrected chi connectivity index (χ0v) is 19.8. The maximum atomic E-state index is 13.2. The zero-order chi connectivity index (χ0) is 24.8. The summed E-state index contributed by atoms with van der Waals surface area (Å²) >= 11 is 0. The Balaban J connectivity index is 1.72. The number of amides is 1. The second-order valence-electron chi connectivity index (χ2n) is 8.35. The van der Waals surface area contributed by atoms with Gasteiger partial charge in [0, 0.05) is 31.7 Å². The summed E-state index contributed by atoms with van der Waals surface area (Å²) in [6.45, 7) is 7.80. The van der Waals surface area contributed by atoms with Crippen LogP contribution in [0.4, 0.5) is 0 Å². The first-order valence-electron chi connectivity index (χ1n) is 11.6. The molecule has 2 saturated heterocycles. The van der Waals surface area contributed by atoms with E-state index in [4.69, 9.17) is 14.2 Å². The van der Waals surface area contributed by atoms with Crippen LogP contribution in [-0.4, -0.2) is 79.7 Å². The van der Waals surface area contributed by atoms with Crippen molar-refractivity contribution >= 4 is 17.4 Å². The van der Waals surface area contributed by atoms with Gasteiger partial charge in [-0.3, -0.25) is 14.5 Å². The molecular weight excluding hydrogens is 448 g/mol. The molecule has 35 heavy (non-hydrogen) atoms. The van der Waals surface area contributed by atoms with E-state index in [9.17, 15) is 14.7 Å². The molecule has 8 heteroatoms. The molecule has 2 aromatic rings. The number of benzene rings is 2. The standard InChI is InChI=1S/C27H30N2O6/c1-3-15-35-21-9-7-19(8-10-21)24-23(25(30)20-5-4-6-22(18-20)33-2)26(31)27(32)29(24)12-11-28-13-16-34-17-14-28/h3-10,18,24,30H,1,11-17H2,2H3/b25-23+. The van der Waals surface area contributed by atoms with E-state index in [1.807, 2.05) is 12.1 Å². The van der Waals surface area contributed by atoms with Crippen LogP contribution in [0.5, 0.6) is 11.5 Å². The largest absolute Gasteiger partial charge is 0.507 e. The predicted molar refractivity (Wildman–Crippen MR) is 131 cm³/mol. The molecule has 1 amide bonds. The number of hydrogen-bond donors (Lipinski definition) is 1. The van der Waals surface area contributed by atoms with Crippen LogP contribution < -0.4 is 9.47 Å². The van der Waals surface area contributed by atoms with Gasteiger partial charge in [-0.1, -0.05) is 36.9 Å². The summed E-state index contributed by atoms with van der Waals surface area (Å²) in [6.07, 6.45) is 1.66. The van der Waals surface area contributed by atoms with Gasteiger partial charge in [-0.15, -0.1) is 0 Å². The molecule has 2 fully saturated rings. The number of rotatable bonds is 9. The molecule has 1 N–H and O–H groups in total. The quantitative estimate of drug-likeness (QED) is 0.257. The number of likely N-dealkylation sites (tertiary alicyclic amines) is 1. The molecule has 2 aromatic carbocycles. The van der Waals surface area contributed by atoms with Crippen molar-refractivity contribution in [3.8, 4) is 11.5 Å². The summed E-state index contributed by atoms with van der Waals surface area (Å²) in [5, 5.41) is 11.2. The van der Waals surface area contributed by atoms with Gasteiger partial charge in [-0.2, -0.15) is 0 Å². The third kappa shape index (κ3) is 5.39. The molecule has 0 aromatic heterocycles. The van der Waals surface area contributed by atoms with Crippen LogP contribution in [-0.2, 0) is 14.3 Å². The number of ketones is 1. The lowest BCUT2D eigenvalue weighted by atomic mass is 9.95. The van der Waals surface area contributed by atoms with Gasteiger partial charge in [0.25, 0.3) is 11.7 Å². The molecule has 0 bridgehead atoms. The average Bonchev–Trinajstić information content (AvgIpc) is 3.16. The van der Waals surface area contributed by atoms with Crippen LogP contribution in [0.15, 0.2) is 66.8 Å². The van der Waals surface area contributed by atoms with Crippen molar-refractivity contribution in [3.63, 3.8) is 0 Å². The minimum atomic E-state index is -0.726. The Morgan fingerprint density at radius 1 is 1.11 bits per heavy atom. The number of ether oxygens (including phenoxy) is 3. The molecule has 8 nitrogen and oxygen atoms in total. The van der Waals surface area contributed by atoms with E-state index in [-0.39, 0.29) is 11.3 Å². The number of Topliss-reactive ketones (excluding diaryl/α,β-unsaturated/α-hetero) is 1. The van der Waals surface area contributed by atoms with Gasteiger partial charge >= 0.3 is 0 Å². The molecule has 0 saturated carbocycles. The lowest BCUT2D eigenvalue weighted by Gasteiger charge is -2.31. The minimum Gasteiger partial charge on any atom is -0.507 e. The first kappa shape index (κ1) is 24.5. The second-order valence-corrected chi connectivity index (χ2v) is 8.35. The van der Waals surface area contributed by atoms with Crippen molar-refractivity contribution in [2.75, 3.05) is 53.1 Å². The van der Waals surface area contributed by atoms with Crippen LogP contribution in [0.3, 0.4) is 0 Å². The lowest BCUT2D eigenvalue weighted by Crippen LogP contribution is -2.42. The summed E-state index contributed by atoms with van der Waals surface area (Å²) < 4.78 is 16.3. The van der Waals surface area contributed by atoms with E-state index in [0.717, 1.165) is 13.1 Å². The first-order chi connectivity index (χ1) is 17.0. The van der Waals surface area contributed by atoms with Crippen molar-refractivity contribution < 1.29 is 28.9 Å². The Morgan fingerprint density at radius 3 is 2.54 bits per heavy atom. The van der Waals surface area contributed by atoms with Crippen molar-refractivity contribution in [1.29, 1.82) is 0 Å². The second kappa shape index (κ2) is 11.2. The number of morpholine rings is 1. The van der Waals surface area contributed by atoms with Crippen molar-refractivity contribution in [2.24, 2.45) is 0 Å². The van der Waals surface area contributed by atoms with Crippen LogP contribution in [0.2, 0.25) is 0 Å². The molecule has 2 heterocycles. The molecular formula is C27H30N2O6. The normalized spacial score (nSPS) is 20.1. The first-order valence-corrected chi connectivity index (χ1v) is 11.6. The predicted octanol–water partition coefficient (Wildman–Crippen LogP) is 3.01. The number of methoxy groups -OCH3 is 1. The zero-order valence-electron chi connectivity index (χ0n) is 19.8. The van der Waals surface area contributed by atoms with E-state index in [2.05, 4.69) is 11.5 Å². The van der Waals surface area contributed by atoms with Gasteiger partial charge in [0.2, 0.25) is 0 Å². The third-order valence-electron chi connectivity index (χ3n) is 6.21. The third-order valence-corrected chi connectivity index (χ3v) is 6.21. The highest BCUT2D eigenvalue weighted by Crippen LogP contribution is 2.40. The fourth-order valence-corrected chi connectivity index (χ4v) is 4.36. The Kier molecular flexibility index (Phi) is 7.84. The Bertz CT molecular complexity index is 1100. The Hall–Kier alpha value is -3.62. The highest BCUT2D eigenvalue weighted by atomic mass is 16.5. The fourth-order valence-electron chi connectivity index (χ4n) is 4.36. The number of nitrogens with zero attached hydrogens (tertiary/aromatic N) is 2. The molecule has 184 valence electrons. The maximum Gasteiger partial charge on any atom is 0.295 e. The number of aliphatic hydroxyl groups excluding tert-OH is 1. The van der Waals surface area contributed by atoms with Crippen LogP contribution in [0, 0.1) is 0 Å². The smallest absolute Gasteiger partial charge is 0.295 e. The fraction of sp³-hybridized carbons (Fsp3) is 0.333. The van der Waals surface area contributed by atoms with Gasteiger partial charge in [-0.25, -0.2) is 0 Å². The molecule has 0 aliphatic carbocycles. The summed E-state index contributed by atoms with van der Waals surface area (Å²) in [7, 11) is 1.53. The number of carbonyl (C=O) groups is 2. The number of carbonyl (C=O) groups excluding carboxylic acids is 2. The van der Waals surface area contributed by atoms with Crippen molar-refractivity contribution in [2.45, 2.75) is 6.04 Å². The van der Waals surface area contributed by atoms with E-state index in [1.54, 1.807) is 47.4 Å². The Labute approximate surface area is 205 Å². The van der Waals surface area contributed by atoms with Crippen LogP contribution >= 0.6 is 0 Å². The van der Waals surface area contributed by atoms with Crippen molar-refractivity contribution in [3.05, 3.63) is 77.9 Å². The molecule has 2 aliphatic rings. The summed E-state index contributed by atoms with van der Waals surface area (Å²) in [5.74, 6) is -0.375. The van der Waals surface area contributed by atoms with Crippen LogP contribution in [0.25, 0.3) is 5.76 Å². The summed E-state index contributed by atoms with van der Waals surface area (Å²) in [6, 6.07) is 13.3. The summed E-state index contributed by atoms with van der Waals surface area (Å²) in [5.41, 5.74) is 1.18. The maximum absolute atomic E-state index is 13.2. The van der Waals surface area contributed by atoms with Gasteiger partial charge in [-0.05, 0) is 29.8 Å². The highest BCUT2D eigenvalue weighted by molar-refractivity contribution is 6.46. The topological polar surface area (TPSA) is 88.5 Å². The number of aliphatic hydroxyl groups is 1. The van der Waals surface area contributed by atoms with Gasteiger partial charge < -0.3 is 24.2 Å². The number of hydrogen-bond acceptors (Lipinski definition) is 7. The molecule has 2 aliphatic heterocycles. The summed E-state index contributed by atoms with van der Waals surface area (Å²) in [4.78, 5) is 30.1. The van der Waals surface area contributed by atoms with E-state index in [0.29, 0.717) is 55.5 Å². The van der Waals surface area contributed by atoms with Gasteiger partial charge in [0.1, 0.15) is 23.9 Å². The van der Waals surface area contributed by atoms with E-state index >= 15 is 0 Å². The SMILES string of the molecule is C=CCOc1ccc(C2/C(=C(\O)c3cccc(OC)c3)C(=O)C(=O)N2CCN2CCOCC2)cc1. The van der Waals surface area contributed by atoms with Gasteiger partial charge in [0.15, 0.2) is 0 Å².